The van der Waals surface area contributed by atoms with Gasteiger partial charge < -0.3 is 4.79 Å². The second-order valence-corrected chi connectivity index (χ2v) is 0.908. The zero-order valence-electron chi connectivity index (χ0n) is 3.42. The number of hydrogen-bond acceptors (Lipinski definition) is 1. The van der Waals surface area contributed by atoms with Gasteiger partial charge in [0, 0.05) is 73.7 Å². The van der Waals surface area contributed by atoms with Crippen LogP contribution in [0.15, 0.2) is 0 Å². The minimum absolute atomic E-state index is 0. The third-order valence-corrected chi connectivity index (χ3v) is 0. The van der Waals surface area contributed by atoms with Crippen LogP contribution in [0.5, 0.6) is 0 Å². The number of ketones is 1. The van der Waals surface area contributed by atoms with E-state index in [1.54, 1.807) is 0 Å². The van der Waals surface area contributed by atoms with Crippen molar-refractivity contribution in [3.63, 3.8) is 0 Å². The van der Waals surface area contributed by atoms with Gasteiger partial charge in [0.2, 0.25) is 0 Å². The van der Waals surface area contributed by atoms with Gasteiger partial charge in [-0.05, 0) is 13.8 Å². The van der Waals surface area contributed by atoms with Crippen LogP contribution in [0.25, 0.3) is 0 Å². The first-order valence-electron chi connectivity index (χ1n) is 1.20. The summed E-state index contributed by atoms with van der Waals surface area (Å²) in [6.07, 6.45) is 0. The standard InChI is InChI=1S/C3H6O.2Lu/c1-3(2)4;;/h1-2H3;;. The number of rotatable bonds is 0. The molecule has 0 saturated heterocycles. The Morgan fingerprint density at radius 3 is 1.17 bits per heavy atom. The SMILES string of the molecule is CC(C)=O.[Lu].[Lu]. The number of Topliss-reactive ketones (excluding diaryl/α,β-unsaturated/α-hetero) is 1. The molecule has 3 heteroatoms. The van der Waals surface area contributed by atoms with E-state index >= 15 is 0 Å². The van der Waals surface area contributed by atoms with Crippen molar-refractivity contribution >= 4 is 5.78 Å². The molecule has 0 aliphatic rings. The van der Waals surface area contributed by atoms with Crippen molar-refractivity contribution < 1.29 is 78.5 Å². The molecular formula is C3H6Lu2O. The van der Waals surface area contributed by atoms with E-state index in [4.69, 9.17) is 0 Å². The van der Waals surface area contributed by atoms with Crippen molar-refractivity contribution in [2.75, 3.05) is 0 Å². The summed E-state index contributed by atoms with van der Waals surface area (Å²) in [6, 6.07) is 0. The molecule has 1 nitrogen and oxygen atoms in total. The van der Waals surface area contributed by atoms with Crippen LogP contribution in [0.3, 0.4) is 0 Å². The first-order valence-corrected chi connectivity index (χ1v) is 1.20. The van der Waals surface area contributed by atoms with Crippen LogP contribution in [0, 0.1) is 73.7 Å². The predicted molar refractivity (Wildman–Crippen MR) is 16.4 cm³/mol. The van der Waals surface area contributed by atoms with Crippen LogP contribution in [0.1, 0.15) is 13.8 Å². The minimum atomic E-state index is 0. The summed E-state index contributed by atoms with van der Waals surface area (Å²) in [4.78, 5) is 9.44. The van der Waals surface area contributed by atoms with Gasteiger partial charge in [-0.15, -0.1) is 0 Å². The van der Waals surface area contributed by atoms with Gasteiger partial charge in [0.05, 0.1) is 0 Å². The van der Waals surface area contributed by atoms with Gasteiger partial charge in [0.15, 0.2) is 0 Å². The molecular weight excluding hydrogens is 402 g/mol. The van der Waals surface area contributed by atoms with E-state index in [0.29, 0.717) is 0 Å². The Bertz CT molecular complexity index is 31.8. The first kappa shape index (κ1) is 15.7. The molecule has 0 heterocycles. The maximum Gasteiger partial charge on any atom is 0.126 e. The molecule has 54 valence electrons. The molecule has 0 aliphatic carbocycles. The largest absolute Gasteiger partial charge is 0.300 e. The van der Waals surface area contributed by atoms with Crippen molar-refractivity contribution in [1.29, 1.82) is 0 Å². The third-order valence-electron chi connectivity index (χ3n) is 0. The van der Waals surface area contributed by atoms with Gasteiger partial charge in [0.1, 0.15) is 5.78 Å². The first-order chi connectivity index (χ1) is 1.73. The Kier molecular flexibility index (Phi) is 26.7. The molecule has 0 fully saturated rings. The quantitative estimate of drug-likeness (QED) is 0.574. The smallest absolute Gasteiger partial charge is 0.126 e. The van der Waals surface area contributed by atoms with Crippen molar-refractivity contribution in [1.82, 2.24) is 0 Å². The van der Waals surface area contributed by atoms with Crippen LogP contribution in [0.2, 0.25) is 0 Å². The predicted octanol–water partition coefficient (Wildman–Crippen LogP) is 0.595. The van der Waals surface area contributed by atoms with Gasteiger partial charge in [0.25, 0.3) is 0 Å². The Morgan fingerprint density at radius 1 is 1.17 bits per heavy atom. The Labute approximate surface area is 96.2 Å². The molecule has 0 aromatic carbocycles. The average molecular weight is 408 g/mol. The molecule has 6 heavy (non-hydrogen) atoms. The van der Waals surface area contributed by atoms with Gasteiger partial charge in [-0.2, -0.15) is 0 Å². The van der Waals surface area contributed by atoms with E-state index in [-0.39, 0.29) is 79.5 Å². The van der Waals surface area contributed by atoms with E-state index in [2.05, 4.69) is 0 Å². The van der Waals surface area contributed by atoms with E-state index in [0.717, 1.165) is 0 Å². The Hall–Kier alpha value is 2.14. The molecule has 0 atom stereocenters. The van der Waals surface area contributed by atoms with Crippen molar-refractivity contribution in [3.05, 3.63) is 0 Å². The molecule has 0 aromatic rings. The van der Waals surface area contributed by atoms with Crippen LogP contribution in [-0.2, 0) is 4.79 Å². The molecule has 0 aliphatic heterocycles. The van der Waals surface area contributed by atoms with E-state index in [9.17, 15) is 4.79 Å². The fourth-order valence-corrected chi connectivity index (χ4v) is 0. The summed E-state index contributed by atoms with van der Waals surface area (Å²) in [7, 11) is 0. The number of carbonyl (C=O) groups is 1. The molecule has 0 aromatic heterocycles. The van der Waals surface area contributed by atoms with Crippen LogP contribution in [-0.4, -0.2) is 5.78 Å². The topological polar surface area (TPSA) is 17.1 Å². The van der Waals surface area contributed by atoms with Gasteiger partial charge in [-0.25, -0.2) is 0 Å². The summed E-state index contributed by atoms with van der Waals surface area (Å²) in [5.41, 5.74) is 0. The van der Waals surface area contributed by atoms with Gasteiger partial charge in [-0.3, -0.25) is 0 Å². The summed E-state index contributed by atoms with van der Waals surface area (Å²) >= 11 is 0. The van der Waals surface area contributed by atoms with Crippen molar-refractivity contribution in [3.8, 4) is 0 Å². The van der Waals surface area contributed by atoms with Crippen molar-refractivity contribution in [2.45, 2.75) is 13.8 Å². The summed E-state index contributed by atoms with van der Waals surface area (Å²) in [5.74, 6) is 0.167. The average Bonchev–Trinajstić information content (AvgIpc) is 0.811. The third kappa shape index (κ3) is 35.5. The van der Waals surface area contributed by atoms with Gasteiger partial charge >= 0.3 is 0 Å². The normalized spacial score (nSPS) is 4.33. The second kappa shape index (κ2) is 10.2. The molecule has 2 radical (unpaired) electrons. The maximum absolute atomic E-state index is 9.44. The summed E-state index contributed by atoms with van der Waals surface area (Å²) in [5, 5.41) is 0. The zero-order valence-corrected chi connectivity index (χ0v) is 6.74. The van der Waals surface area contributed by atoms with Crippen LogP contribution >= 0.6 is 0 Å². The zero-order chi connectivity index (χ0) is 3.58. The molecule has 0 rings (SSSR count). The summed E-state index contributed by atoms with van der Waals surface area (Å²) < 4.78 is 0. The second-order valence-electron chi connectivity index (χ2n) is 0.908. The minimum Gasteiger partial charge on any atom is -0.300 e. The monoisotopic (exact) mass is 408 g/mol. The fourth-order valence-electron chi connectivity index (χ4n) is 0. The van der Waals surface area contributed by atoms with E-state index < -0.39 is 0 Å². The molecule has 0 spiro atoms. The molecule has 0 bridgehead atoms. The van der Waals surface area contributed by atoms with Gasteiger partial charge in [-0.1, -0.05) is 0 Å². The van der Waals surface area contributed by atoms with Crippen LogP contribution in [0.4, 0.5) is 0 Å². The molecule has 0 saturated carbocycles. The van der Waals surface area contributed by atoms with E-state index in [1.165, 1.54) is 13.8 Å². The molecule has 0 N–H and O–H groups in total. The number of hydrogen-bond donors (Lipinski definition) is 0. The Balaban J connectivity index is -0.0000000450. The Morgan fingerprint density at radius 2 is 1.17 bits per heavy atom. The molecule has 0 unspecified atom stereocenters. The van der Waals surface area contributed by atoms with Crippen molar-refractivity contribution in [2.24, 2.45) is 0 Å². The molecule has 0 amide bonds. The summed E-state index contributed by atoms with van der Waals surface area (Å²) in [6.45, 7) is 3.06. The maximum atomic E-state index is 9.44. The fraction of sp³-hybridized carbons (Fsp3) is 0.667. The van der Waals surface area contributed by atoms with E-state index in [1.807, 2.05) is 0 Å². The van der Waals surface area contributed by atoms with Crippen LogP contribution < -0.4 is 0 Å². The number of carbonyl (C=O) groups excluding carboxylic acids is 1.